The van der Waals surface area contributed by atoms with Crippen LogP contribution < -0.4 is 10.5 Å². The molecule has 0 aliphatic carbocycles. The molecule has 3 nitrogen and oxygen atoms in total. The van der Waals surface area contributed by atoms with Crippen molar-refractivity contribution >= 4 is 5.69 Å². The van der Waals surface area contributed by atoms with Gasteiger partial charge in [-0.2, -0.15) is 0 Å². The molecule has 0 saturated carbocycles. The molecule has 1 fully saturated rings. The second kappa shape index (κ2) is 6.49. The van der Waals surface area contributed by atoms with Crippen LogP contribution in [0.3, 0.4) is 0 Å². The van der Waals surface area contributed by atoms with Crippen LogP contribution in [0.25, 0.3) is 0 Å². The minimum absolute atomic E-state index is 0.585. The Morgan fingerprint density at radius 2 is 1.85 bits per heavy atom. The predicted molar refractivity (Wildman–Crippen MR) is 84.9 cm³/mol. The average molecular weight is 276 g/mol. The Balaban J connectivity index is 1.91. The minimum Gasteiger partial charge on any atom is -0.495 e. The Bertz CT molecular complexity index is 431. The van der Waals surface area contributed by atoms with Gasteiger partial charge < -0.3 is 10.5 Å². The van der Waals surface area contributed by atoms with Gasteiger partial charge in [0.1, 0.15) is 5.75 Å². The zero-order valence-electron chi connectivity index (χ0n) is 13.1. The Labute approximate surface area is 123 Å². The Hall–Kier alpha value is -1.22. The Morgan fingerprint density at radius 3 is 2.35 bits per heavy atom. The van der Waals surface area contributed by atoms with Crippen molar-refractivity contribution in [3.63, 3.8) is 0 Å². The molecule has 0 unspecified atom stereocenters. The van der Waals surface area contributed by atoms with E-state index < -0.39 is 0 Å². The molecule has 2 rings (SSSR count). The van der Waals surface area contributed by atoms with E-state index in [1.165, 1.54) is 44.3 Å². The predicted octanol–water partition coefficient (Wildman–Crippen LogP) is 3.68. The van der Waals surface area contributed by atoms with Crippen LogP contribution in [0.4, 0.5) is 5.69 Å². The summed E-state index contributed by atoms with van der Waals surface area (Å²) < 4.78 is 5.20. The third-order valence-corrected chi connectivity index (χ3v) is 4.38. The fraction of sp³-hybridized carbons (Fsp3) is 0.647. The van der Waals surface area contributed by atoms with E-state index in [1.807, 2.05) is 12.1 Å². The lowest BCUT2D eigenvalue weighted by molar-refractivity contribution is -0.0203. The molecule has 1 aromatic carbocycles. The summed E-state index contributed by atoms with van der Waals surface area (Å²) in [4.78, 5) is 2.53. The summed E-state index contributed by atoms with van der Waals surface area (Å²) in [6.45, 7) is 8.07. The SMILES string of the molecule is CCCC1(CCC)CN(Cc2ccc(OC)c(N)c2)C1. The van der Waals surface area contributed by atoms with E-state index in [1.54, 1.807) is 7.11 Å². The summed E-state index contributed by atoms with van der Waals surface area (Å²) in [6.07, 6.45) is 5.32. The first-order valence-electron chi connectivity index (χ1n) is 7.77. The molecule has 0 amide bonds. The zero-order chi connectivity index (χ0) is 14.6. The van der Waals surface area contributed by atoms with E-state index in [9.17, 15) is 0 Å². The van der Waals surface area contributed by atoms with E-state index in [-0.39, 0.29) is 0 Å². The molecule has 1 aliphatic heterocycles. The van der Waals surface area contributed by atoms with Crippen molar-refractivity contribution in [2.24, 2.45) is 5.41 Å². The molecule has 20 heavy (non-hydrogen) atoms. The Morgan fingerprint density at radius 1 is 1.20 bits per heavy atom. The molecular formula is C17H28N2O. The number of anilines is 1. The van der Waals surface area contributed by atoms with Crippen molar-refractivity contribution in [2.45, 2.75) is 46.1 Å². The maximum absolute atomic E-state index is 5.97. The van der Waals surface area contributed by atoms with E-state index in [4.69, 9.17) is 10.5 Å². The molecule has 1 aromatic rings. The molecular weight excluding hydrogens is 248 g/mol. The van der Waals surface area contributed by atoms with Gasteiger partial charge in [-0.1, -0.05) is 32.8 Å². The van der Waals surface area contributed by atoms with Crippen molar-refractivity contribution in [1.82, 2.24) is 4.90 Å². The molecule has 3 heteroatoms. The first-order valence-corrected chi connectivity index (χ1v) is 7.77. The van der Waals surface area contributed by atoms with Crippen LogP contribution in [-0.4, -0.2) is 25.1 Å². The lowest BCUT2D eigenvalue weighted by Gasteiger charge is -2.51. The van der Waals surface area contributed by atoms with Crippen molar-refractivity contribution in [3.05, 3.63) is 23.8 Å². The highest BCUT2D eigenvalue weighted by Crippen LogP contribution is 2.40. The lowest BCUT2D eigenvalue weighted by atomic mass is 9.72. The van der Waals surface area contributed by atoms with E-state index in [0.717, 1.165) is 18.0 Å². The van der Waals surface area contributed by atoms with Crippen LogP contribution in [0.2, 0.25) is 0 Å². The van der Waals surface area contributed by atoms with Gasteiger partial charge in [0.2, 0.25) is 0 Å². The molecule has 1 saturated heterocycles. The van der Waals surface area contributed by atoms with Gasteiger partial charge in [-0.05, 0) is 36.0 Å². The lowest BCUT2D eigenvalue weighted by Crippen LogP contribution is -2.55. The second-order valence-electron chi connectivity index (χ2n) is 6.22. The quantitative estimate of drug-likeness (QED) is 0.772. The molecule has 0 bridgehead atoms. The summed E-state index contributed by atoms with van der Waals surface area (Å²) in [6, 6.07) is 6.13. The third kappa shape index (κ3) is 3.26. The second-order valence-corrected chi connectivity index (χ2v) is 6.22. The van der Waals surface area contributed by atoms with Crippen molar-refractivity contribution in [3.8, 4) is 5.75 Å². The molecule has 0 radical (unpaired) electrons. The van der Waals surface area contributed by atoms with Gasteiger partial charge in [0.25, 0.3) is 0 Å². The highest BCUT2D eigenvalue weighted by atomic mass is 16.5. The highest BCUT2D eigenvalue weighted by Gasteiger charge is 2.40. The number of methoxy groups -OCH3 is 1. The number of hydrogen-bond donors (Lipinski definition) is 1. The first-order chi connectivity index (χ1) is 9.62. The van der Waals surface area contributed by atoms with Crippen LogP contribution in [0.15, 0.2) is 18.2 Å². The molecule has 112 valence electrons. The number of ether oxygens (including phenoxy) is 1. The molecule has 0 atom stereocenters. The summed E-state index contributed by atoms with van der Waals surface area (Å²) in [7, 11) is 1.66. The molecule has 0 aromatic heterocycles. The fourth-order valence-electron chi connectivity index (χ4n) is 3.66. The summed E-state index contributed by atoms with van der Waals surface area (Å²) in [5.41, 5.74) is 8.57. The third-order valence-electron chi connectivity index (χ3n) is 4.38. The van der Waals surface area contributed by atoms with Gasteiger partial charge in [-0.25, -0.2) is 0 Å². The van der Waals surface area contributed by atoms with Gasteiger partial charge in [0.05, 0.1) is 12.8 Å². The number of nitrogens with two attached hydrogens (primary N) is 1. The number of nitrogen functional groups attached to an aromatic ring is 1. The zero-order valence-corrected chi connectivity index (χ0v) is 13.1. The molecule has 1 heterocycles. The van der Waals surface area contributed by atoms with Gasteiger partial charge in [0.15, 0.2) is 0 Å². The maximum atomic E-state index is 5.97. The number of likely N-dealkylation sites (tertiary alicyclic amines) is 1. The Kier molecular flexibility index (Phi) is 4.92. The standard InChI is InChI=1S/C17H28N2O/c1-4-8-17(9-5-2)12-19(13-17)11-14-6-7-16(20-3)15(18)10-14/h6-7,10H,4-5,8-9,11-13,18H2,1-3H3. The van der Waals surface area contributed by atoms with Crippen LogP contribution >= 0.6 is 0 Å². The molecule has 0 spiro atoms. The van der Waals surface area contributed by atoms with Gasteiger partial charge in [-0.15, -0.1) is 0 Å². The van der Waals surface area contributed by atoms with Crippen molar-refractivity contribution < 1.29 is 4.74 Å². The average Bonchev–Trinajstić information content (AvgIpc) is 2.37. The van der Waals surface area contributed by atoms with Crippen LogP contribution in [-0.2, 0) is 6.54 Å². The number of rotatable bonds is 7. The van der Waals surface area contributed by atoms with Gasteiger partial charge in [0, 0.05) is 19.6 Å². The van der Waals surface area contributed by atoms with Crippen LogP contribution in [0.1, 0.15) is 45.1 Å². The van der Waals surface area contributed by atoms with Crippen LogP contribution in [0, 0.1) is 5.41 Å². The number of hydrogen-bond acceptors (Lipinski definition) is 3. The first kappa shape index (κ1) is 15.2. The smallest absolute Gasteiger partial charge is 0.141 e. The van der Waals surface area contributed by atoms with Gasteiger partial charge >= 0.3 is 0 Å². The topological polar surface area (TPSA) is 38.5 Å². The number of nitrogens with zero attached hydrogens (tertiary/aromatic N) is 1. The van der Waals surface area contributed by atoms with E-state index in [2.05, 4.69) is 24.8 Å². The van der Waals surface area contributed by atoms with Crippen LogP contribution in [0.5, 0.6) is 5.75 Å². The normalized spacial score (nSPS) is 17.8. The molecule has 1 aliphatic rings. The largest absolute Gasteiger partial charge is 0.495 e. The highest BCUT2D eigenvalue weighted by molar-refractivity contribution is 5.54. The molecule has 2 N–H and O–H groups in total. The van der Waals surface area contributed by atoms with Crippen molar-refractivity contribution in [2.75, 3.05) is 25.9 Å². The summed E-state index contributed by atoms with van der Waals surface area (Å²) in [5.74, 6) is 0.767. The van der Waals surface area contributed by atoms with Crippen molar-refractivity contribution in [1.29, 1.82) is 0 Å². The summed E-state index contributed by atoms with van der Waals surface area (Å²) >= 11 is 0. The van der Waals surface area contributed by atoms with Gasteiger partial charge in [-0.3, -0.25) is 4.90 Å². The fourth-order valence-corrected chi connectivity index (χ4v) is 3.66. The summed E-state index contributed by atoms with van der Waals surface area (Å²) in [5, 5.41) is 0. The number of benzene rings is 1. The monoisotopic (exact) mass is 276 g/mol. The maximum Gasteiger partial charge on any atom is 0.141 e. The van der Waals surface area contributed by atoms with E-state index in [0.29, 0.717) is 5.41 Å². The minimum atomic E-state index is 0.585. The van der Waals surface area contributed by atoms with E-state index >= 15 is 0 Å².